The molecule has 4 aliphatic rings. The van der Waals surface area contributed by atoms with Crippen LogP contribution in [0.25, 0.3) is 11.3 Å². The first-order chi connectivity index (χ1) is 16.6. The SMILES string of the molecule is Fc1ccc(Cl)c(-c2ccc(NC3CC4CN(C5CCC6(CCOCC6)CC5)CC4C3)nn2)c1. The van der Waals surface area contributed by atoms with E-state index in [-0.39, 0.29) is 5.82 Å². The minimum absolute atomic E-state index is 0.328. The molecule has 0 bridgehead atoms. The number of rotatable bonds is 4. The maximum absolute atomic E-state index is 13.6. The van der Waals surface area contributed by atoms with E-state index in [1.54, 1.807) is 6.07 Å². The van der Waals surface area contributed by atoms with Crippen LogP contribution in [0.2, 0.25) is 5.02 Å². The standard InChI is InChI=1S/C27H34ClFN4O/c28-24-2-1-20(29)15-23(24)25-3-4-26(32-31-25)30-21-13-18-16-33(17-19(18)14-21)22-5-7-27(8-6-22)9-11-34-12-10-27/h1-4,15,18-19,21-22H,5-14,16-17H2,(H,30,32). The molecule has 3 heterocycles. The molecule has 6 rings (SSSR count). The summed E-state index contributed by atoms with van der Waals surface area (Å²) < 4.78 is 19.2. The first-order valence-corrected chi connectivity index (χ1v) is 13.3. The molecular formula is C27H34ClFN4O. The van der Waals surface area contributed by atoms with E-state index in [1.165, 1.54) is 76.6 Å². The molecule has 2 aromatic rings. The Morgan fingerprint density at radius 1 is 0.971 bits per heavy atom. The van der Waals surface area contributed by atoms with E-state index in [4.69, 9.17) is 16.3 Å². The predicted molar refractivity (Wildman–Crippen MR) is 132 cm³/mol. The van der Waals surface area contributed by atoms with Gasteiger partial charge < -0.3 is 10.1 Å². The zero-order valence-electron chi connectivity index (χ0n) is 19.7. The van der Waals surface area contributed by atoms with Gasteiger partial charge in [-0.15, -0.1) is 10.2 Å². The Morgan fingerprint density at radius 3 is 2.38 bits per heavy atom. The maximum Gasteiger partial charge on any atom is 0.148 e. The lowest BCUT2D eigenvalue weighted by Crippen LogP contribution is -2.42. The Labute approximate surface area is 206 Å². The molecule has 1 aromatic heterocycles. The van der Waals surface area contributed by atoms with Crippen LogP contribution in [0.5, 0.6) is 0 Å². The average molecular weight is 485 g/mol. The Bertz CT molecular complexity index is 988. The number of fused-ring (bicyclic) bond motifs is 1. The highest BCUT2D eigenvalue weighted by molar-refractivity contribution is 6.33. The Kier molecular flexibility index (Phi) is 6.25. The van der Waals surface area contributed by atoms with Crippen LogP contribution in [0.15, 0.2) is 30.3 Å². The molecule has 1 N–H and O–H groups in total. The molecule has 7 heteroatoms. The van der Waals surface area contributed by atoms with Crippen LogP contribution < -0.4 is 5.32 Å². The van der Waals surface area contributed by atoms with Gasteiger partial charge in [0.25, 0.3) is 0 Å². The highest BCUT2D eigenvalue weighted by atomic mass is 35.5. The van der Waals surface area contributed by atoms with E-state index in [9.17, 15) is 4.39 Å². The number of halogens is 2. The van der Waals surface area contributed by atoms with Gasteiger partial charge in [0.1, 0.15) is 11.6 Å². The summed E-state index contributed by atoms with van der Waals surface area (Å²) >= 11 is 6.21. The van der Waals surface area contributed by atoms with Gasteiger partial charge in [0, 0.05) is 44.0 Å². The summed E-state index contributed by atoms with van der Waals surface area (Å²) in [5.74, 6) is 2.03. The van der Waals surface area contributed by atoms with E-state index < -0.39 is 0 Å². The van der Waals surface area contributed by atoms with Crippen molar-refractivity contribution in [1.29, 1.82) is 0 Å². The van der Waals surface area contributed by atoms with Crippen LogP contribution in [0.1, 0.15) is 51.4 Å². The number of benzene rings is 1. The number of nitrogens with one attached hydrogen (secondary N) is 1. The summed E-state index contributed by atoms with van der Waals surface area (Å²) in [5.41, 5.74) is 1.75. The lowest BCUT2D eigenvalue weighted by Gasteiger charge is -2.45. The third-order valence-corrected chi connectivity index (χ3v) is 9.42. The summed E-state index contributed by atoms with van der Waals surface area (Å²) in [6.07, 6.45) is 10.5. The Morgan fingerprint density at radius 2 is 1.71 bits per heavy atom. The molecule has 4 fully saturated rings. The number of nitrogens with zero attached hydrogens (tertiary/aromatic N) is 3. The van der Waals surface area contributed by atoms with Crippen LogP contribution >= 0.6 is 11.6 Å². The normalized spacial score (nSPS) is 29.4. The lowest BCUT2D eigenvalue weighted by molar-refractivity contribution is -0.0186. The second kappa shape index (κ2) is 9.36. The molecule has 2 saturated heterocycles. The molecule has 2 aliphatic heterocycles. The number of anilines is 1. The molecular weight excluding hydrogens is 451 g/mol. The first kappa shape index (κ1) is 22.7. The third kappa shape index (κ3) is 4.57. The van der Waals surface area contributed by atoms with Crippen LogP contribution in [-0.2, 0) is 4.74 Å². The largest absolute Gasteiger partial charge is 0.381 e. The predicted octanol–water partition coefficient (Wildman–Crippen LogP) is 5.80. The van der Waals surface area contributed by atoms with Crippen molar-refractivity contribution in [3.05, 3.63) is 41.2 Å². The van der Waals surface area contributed by atoms with E-state index in [2.05, 4.69) is 20.4 Å². The van der Waals surface area contributed by atoms with Gasteiger partial charge in [-0.1, -0.05) is 11.6 Å². The fourth-order valence-electron chi connectivity index (χ4n) is 7.09. The van der Waals surface area contributed by atoms with Crippen molar-refractivity contribution in [2.24, 2.45) is 17.3 Å². The minimum Gasteiger partial charge on any atom is -0.381 e. The van der Waals surface area contributed by atoms with Crippen molar-refractivity contribution in [3.8, 4) is 11.3 Å². The second-order valence-electron chi connectivity index (χ2n) is 11.1. The first-order valence-electron chi connectivity index (χ1n) is 12.9. The van der Waals surface area contributed by atoms with Gasteiger partial charge in [0.2, 0.25) is 0 Å². The van der Waals surface area contributed by atoms with Crippen molar-refractivity contribution >= 4 is 17.4 Å². The van der Waals surface area contributed by atoms with Crippen molar-refractivity contribution in [3.63, 3.8) is 0 Å². The van der Waals surface area contributed by atoms with E-state index in [1.807, 2.05) is 12.1 Å². The maximum atomic E-state index is 13.6. The average Bonchev–Trinajstić information content (AvgIpc) is 3.41. The summed E-state index contributed by atoms with van der Waals surface area (Å²) in [4.78, 5) is 2.81. The van der Waals surface area contributed by atoms with Gasteiger partial charge in [0.15, 0.2) is 0 Å². The number of aromatic nitrogens is 2. The van der Waals surface area contributed by atoms with Gasteiger partial charge in [0.05, 0.1) is 10.7 Å². The lowest BCUT2D eigenvalue weighted by atomic mass is 9.68. The molecule has 0 radical (unpaired) electrons. The molecule has 2 aliphatic carbocycles. The van der Waals surface area contributed by atoms with Crippen LogP contribution in [-0.4, -0.2) is 53.5 Å². The number of hydrogen-bond acceptors (Lipinski definition) is 5. The number of likely N-dealkylation sites (tertiary alicyclic amines) is 1. The van der Waals surface area contributed by atoms with E-state index in [0.717, 1.165) is 36.9 Å². The molecule has 182 valence electrons. The van der Waals surface area contributed by atoms with Gasteiger partial charge in [-0.25, -0.2) is 4.39 Å². The topological polar surface area (TPSA) is 50.3 Å². The monoisotopic (exact) mass is 484 g/mol. The molecule has 5 nitrogen and oxygen atoms in total. The second-order valence-corrected chi connectivity index (χ2v) is 11.5. The summed E-state index contributed by atoms with van der Waals surface area (Å²) in [6.45, 7) is 4.45. The molecule has 1 spiro atoms. The summed E-state index contributed by atoms with van der Waals surface area (Å²) in [7, 11) is 0. The fraction of sp³-hybridized carbons (Fsp3) is 0.630. The molecule has 1 aromatic carbocycles. The van der Waals surface area contributed by atoms with Crippen LogP contribution in [0.3, 0.4) is 0 Å². The van der Waals surface area contributed by atoms with Crippen molar-refractivity contribution in [2.45, 2.75) is 63.5 Å². The van der Waals surface area contributed by atoms with Gasteiger partial charge in [-0.05, 0) is 98.9 Å². The highest BCUT2D eigenvalue weighted by Gasteiger charge is 2.45. The Hall–Kier alpha value is -1.76. The smallest absolute Gasteiger partial charge is 0.148 e. The number of ether oxygens (including phenoxy) is 1. The number of hydrogen-bond donors (Lipinski definition) is 1. The summed E-state index contributed by atoms with van der Waals surface area (Å²) in [5, 5.41) is 12.7. The molecule has 2 atom stereocenters. The fourth-order valence-corrected chi connectivity index (χ4v) is 7.31. The Balaban J connectivity index is 1.01. The highest BCUT2D eigenvalue weighted by Crippen LogP contribution is 2.47. The minimum atomic E-state index is -0.328. The molecule has 2 unspecified atom stereocenters. The molecule has 2 saturated carbocycles. The summed E-state index contributed by atoms with van der Waals surface area (Å²) in [6, 6.07) is 9.34. The van der Waals surface area contributed by atoms with Crippen molar-refractivity contribution < 1.29 is 9.13 Å². The molecule has 0 amide bonds. The molecule has 34 heavy (non-hydrogen) atoms. The van der Waals surface area contributed by atoms with Crippen LogP contribution in [0, 0.1) is 23.1 Å². The van der Waals surface area contributed by atoms with Gasteiger partial charge in [-0.3, -0.25) is 4.90 Å². The van der Waals surface area contributed by atoms with E-state index >= 15 is 0 Å². The van der Waals surface area contributed by atoms with Crippen molar-refractivity contribution in [2.75, 3.05) is 31.6 Å². The zero-order chi connectivity index (χ0) is 23.1. The zero-order valence-corrected chi connectivity index (χ0v) is 20.4. The van der Waals surface area contributed by atoms with Gasteiger partial charge >= 0.3 is 0 Å². The van der Waals surface area contributed by atoms with Gasteiger partial charge in [-0.2, -0.15) is 0 Å². The van der Waals surface area contributed by atoms with E-state index in [0.29, 0.717) is 27.7 Å². The van der Waals surface area contributed by atoms with Crippen molar-refractivity contribution in [1.82, 2.24) is 15.1 Å². The third-order valence-electron chi connectivity index (χ3n) is 9.09. The quantitative estimate of drug-likeness (QED) is 0.594. The van der Waals surface area contributed by atoms with Crippen LogP contribution in [0.4, 0.5) is 10.2 Å².